The lowest BCUT2D eigenvalue weighted by Crippen LogP contribution is -2.42. The minimum absolute atomic E-state index is 0.0999. The predicted molar refractivity (Wildman–Crippen MR) is 79.3 cm³/mol. The Morgan fingerprint density at radius 3 is 2.75 bits per heavy atom. The smallest absolute Gasteiger partial charge is 0.241 e. The summed E-state index contributed by atoms with van der Waals surface area (Å²) in [6.07, 6.45) is 1.07. The van der Waals surface area contributed by atoms with Gasteiger partial charge in [0.2, 0.25) is 5.91 Å². The molecular weight excluding hydrogens is 250 g/mol. The molecule has 2 atom stereocenters. The van der Waals surface area contributed by atoms with Gasteiger partial charge < -0.3 is 10.2 Å². The molecule has 1 aromatic carbocycles. The van der Waals surface area contributed by atoms with Crippen LogP contribution >= 0.6 is 0 Å². The first kappa shape index (κ1) is 13.6. The maximum absolute atomic E-state index is 12.2. The summed E-state index contributed by atoms with van der Waals surface area (Å²) in [5, 5.41) is 3.11. The third kappa shape index (κ3) is 3.19. The molecule has 1 N–H and O–H groups in total. The van der Waals surface area contributed by atoms with Crippen molar-refractivity contribution in [3.63, 3.8) is 0 Å². The van der Waals surface area contributed by atoms with Crippen molar-refractivity contribution in [1.82, 2.24) is 15.1 Å². The van der Waals surface area contributed by atoms with E-state index in [1.54, 1.807) is 0 Å². The molecule has 0 saturated carbocycles. The highest BCUT2D eigenvalue weighted by molar-refractivity contribution is 5.84. The van der Waals surface area contributed by atoms with Crippen molar-refractivity contribution >= 4 is 5.91 Å². The summed E-state index contributed by atoms with van der Waals surface area (Å²) in [4.78, 5) is 16.7. The molecule has 2 saturated heterocycles. The third-order valence-electron chi connectivity index (χ3n) is 4.23. The topological polar surface area (TPSA) is 45.5 Å². The molecule has 0 radical (unpaired) electrons. The van der Waals surface area contributed by atoms with Gasteiger partial charge in [0.15, 0.2) is 0 Å². The van der Waals surface area contributed by atoms with Crippen LogP contribution in [-0.2, 0) is 11.3 Å². The van der Waals surface area contributed by atoms with Gasteiger partial charge in [-0.1, -0.05) is 30.3 Å². The highest BCUT2D eigenvalue weighted by Crippen LogP contribution is 2.16. The summed E-state index contributed by atoms with van der Waals surface area (Å²) in [7, 11) is 0. The molecule has 0 spiro atoms. The van der Waals surface area contributed by atoms with Crippen LogP contribution in [0.4, 0.5) is 0 Å². The Morgan fingerprint density at radius 1 is 1.30 bits per heavy atom. The lowest BCUT2D eigenvalue weighted by Gasteiger charge is -2.29. The molecule has 2 heterocycles. The van der Waals surface area contributed by atoms with E-state index >= 15 is 0 Å². The normalized spacial score (nSPS) is 27.1. The maximum Gasteiger partial charge on any atom is 0.241 e. The highest BCUT2D eigenvalue weighted by atomic mass is 16.2. The molecule has 1 aromatic rings. The molecule has 4 nitrogen and oxygen atoms in total. The second-order valence-electron chi connectivity index (χ2n) is 5.90. The summed E-state index contributed by atoms with van der Waals surface area (Å²) in [6.45, 7) is 6.88. The monoisotopic (exact) mass is 273 g/mol. The zero-order chi connectivity index (χ0) is 13.9. The second kappa shape index (κ2) is 5.94. The fraction of sp³-hybridized carbons (Fsp3) is 0.562. The number of carbonyl (C=O) groups excluding carboxylic acids is 1. The Bertz CT molecular complexity index is 458. The van der Waals surface area contributed by atoms with Crippen molar-refractivity contribution in [2.24, 2.45) is 0 Å². The lowest BCUT2D eigenvalue weighted by molar-refractivity contribution is -0.130. The molecular formula is C16H23N3O. The van der Waals surface area contributed by atoms with Gasteiger partial charge in [-0.3, -0.25) is 9.69 Å². The van der Waals surface area contributed by atoms with Gasteiger partial charge in [-0.05, 0) is 18.9 Å². The van der Waals surface area contributed by atoms with Gasteiger partial charge in [-0.15, -0.1) is 0 Å². The SMILES string of the molecule is CC1CN(C(=O)[C@H]2CN2)CCCN1Cc1ccccc1. The van der Waals surface area contributed by atoms with Crippen molar-refractivity contribution in [3.05, 3.63) is 35.9 Å². The Kier molecular flexibility index (Phi) is 4.03. The molecule has 2 aliphatic rings. The second-order valence-corrected chi connectivity index (χ2v) is 5.90. The van der Waals surface area contributed by atoms with Gasteiger partial charge in [0.05, 0.1) is 6.04 Å². The molecule has 0 bridgehead atoms. The van der Waals surface area contributed by atoms with E-state index in [-0.39, 0.29) is 6.04 Å². The van der Waals surface area contributed by atoms with E-state index in [9.17, 15) is 4.79 Å². The van der Waals surface area contributed by atoms with Crippen LogP contribution in [0.5, 0.6) is 0 Å². The number of nitrogens with one attached hydrogen (secondary N) is 1. The number of carbonyl (C=O) groups is 1. The van der Waals surface area contributed by atoms with E-state index in [0.717, 1.165) is 39.1 Å². The van der Waals surface area contributed by atoms with Crippen LogP contribution in [0.3, 0.4) is 0 Å². The molecule has 4 heteroatoms. The van der Waals surface area contributed by atoms with Crippen LogP contribution in [0, 0.1) is 0 Å². The number of hydrogen-bond donors (Lipinski definition) is 1. The van der Waals surface area contributed by atoms with E-state index in [2.05, 4.69) is 47.5 Å². The van der Waals surface area contributed by atoms with Crippen molar-refractivity contribution in [1.29, 1.82) is 0 Å². The van der Waals surface area contributed by atoms with Gasteiger partial charge in [0.1, 0.15) is 0 Å². The molecule has 3 rings (SSSR count). The van der Waals surface area contributed by atoms with Crippen molar-refractivity contribution in [2.75, 3.05) is 26.2 Å². The summed E-state index contributed by atoms with van der Waals surface area (Å²) in [6, 6.07) is 11.1. The average Bonchev–Trinajstić information content (AvgIpc) is 3.29. The fourth-order valence-corrected chi connectivity index (χ4v) is 2.92. The fourth-order valence-electron chi connectivity index (χ4n) is 2.92. The first-order chi connectivity index (χ1) is 9.74. The van der Waals surface area contributed by atoms with Gasteiger partial charge in [-0.25, -0.2) is 0 Å². The van der Waals surface area contributed by atoms with Crippen LogP contribution in [-0.4, -0.2) is 54.0 Å². The van der Waals surface area contributed by atoms with Crippen molar-refractivity contribution in [2.45, 2.75) is 32.0 Å². The lowest BCUT2D eigenvalue weighted by atomic mass is 10.2. The van der Waals surface area contributed by atoms with Crippen LogP contribution in [0.2, 0.25) is 0 Å². The van der Waals surface area contributed by atoms with E-state index in [1.165, 1.54) is 5.56 Å². The van der Waals surface area contributed by atoms with Crippen LogP contribution in [0.1, 0.15) is 18.9 Å². The van der Waals surface area contributed by atoms with Gasteiger partial charge >= 0.3 is 0 Å². The maximum atomic E-state index is 12.2. The van der Waals surface area contributed by atoms with E-state index < -0.39 is 0 Å². The van der Waals surface area contributed by atoms with Crippen molar-refractivity contribution < 1.29 is 4.79 Å². The summed E-state index contributed by atoms with van der Waals surface area (Å²) >= 11 is 0. The summed E-state index contributed by atoms with van der Waals surface area (Å²) in [5.74, 6) is 0.290. The van der Waals surface area contributed by atoms with E-state index in [1.807, 2.05) is 4.90 Å². The molecule has 1 unspecified atom stereocenters. The minimum Gasteiger partial charge on any atom is -0.340 e. The zero-order valence-corrected chi connectivity index (χ0v) is 12.1. The summed E-state index contributed by atoms with van der Waals surface area (Å²) in [5.41, 5.74) is 1.35. The molecule has 0 aromatic heterocycles. The largest absolute Gasteiger partial charge is 0.340 e. The number of rotatable bonds is 3. The Balaban J connectivity index is 1.61. The van der Waals surface area contributed by atoms with Gasteiger partial charge in [-0.2, -0.15) is 0 Å². The number of benzene rings is 1. The molecule has 0 aliphatic carbocycles. The molecule has 20 heavy (non-hydrogen) atoms. The Hall–Kier alpha value is -1.39. The highest BCUT2D eigenvalue weighted by Gasteiger charge is 2.34. The zero-order valence-electron chi connectivity index (χ0n) is 12.1. The van der Waals surface area contributed by atoms with Gasteiger partial charge in [0, 0.05) is 38.8 Å². The number of amides is 1. The Morgan fingerprint density at radius 2 is 2.05 bits per heavy atom. The van der Waals surface area contributed by atoms with Crippen LogP contribution in [0.15, 0.2) is 30.3 Å². The van der Waals surface area contributed by atoms with Crippen LogP contribution < -0.4 is 5.32 Å². The molecule has 2 fully saturated rings. The molecule has 108 valence electrons. The standard InChI is InChI=1S/C16H23N3O/c1-13-11-19(16(20)15-10-17-15)9-5-8-18(13)12-14-6-3-2-4-7-14/h2-4,6-7,13,15,17H,5,8-12H2,1H3/t13?,15-/m1/s1. The first-order valence-corrected chi connectivity index (χ1v) is 7.54. The van der Waals surface area contributed by atoms with Crippen LogP contribution in [0.25, 0.3) is 0 Å². The Labute approximate surface area is 120 Å². The molecule has 1 amide bonds. The first-order valence-electron chi connectivity index (χ1n) is 7.54. The minimum atomic E-state index is 0.0999. The number of hydrogen-bond acceptors (Lipinski definition) is 3. The summed E-state index contributed by atoms with van der Waals surface area (Å²) < 4.78 is 0. The predicted octanol–water partition coefficient (Wildman–Crippen LogP) is 1.08. The van der Waals surface area contributed by atoms with Gasteiger partial charge in [0.25, 0.3) is 0 Å². The quantitative estimate of drug-likeness (QED) is 0.838. The average molecular weight is 273 g/mol. The van der Waals surface area contributed by atoms with Crippen molar-refractivity contribution in [3.8, 4) is 0 Å². The van der Waals surface area contributed by atoms with E-state index in [0.29, 0.717) is 11.9 Å². The third-order valence-corrected chi connectivity index (χ3v) is 4.23. The van der Waals surface area contributed by atoms with E-state index in [4.69, 9.17) is 0 Å². The molecule has 2 aliphatic heterocycles. The number of nitrogens with zero attached hydrogens (tertiary/aromatic N) is 2.